The van der Waals surface area contributed by atoms with Crippen LogP contribution in [0.4, 0.5) is 0 Å². The third-order valence-electron chi connectivity index (χ3n) is 3.67. The summed E-state index contributed by atoms with van der Waals surface area (Å²) in [4.78, 5) is 13.0. The molecule has 0 saturated heterocycles. The first kappa shape index (κ1) is 12.5. The predicted octanol–water partition coefficient (Wildman–Crippen LogP) is 3.01. The van der Waals surface area contributed by atoms with E-state index in [1.165, 1.54) is 35.5 Å². The van der Waals surface area contributed by atoms with Crippen LogP contribution < -0.4 is 0 Å². The molecule has 0 bridgehead atoms. The first-order valence-corrected chi connectivity index (χ1v) is 7.50. The number of carbonyl (C=O) groups excluding carboxylic acids is 1. The Balaban J connectivity index is 1.80. The van der Waals surface area contributed by atoms with Gasteiger partial charge in [-0.25, -0.2) is 0 Å². The van der Waals surface area contributed by atoms with Crippen LogP contribution in [0.25, 0.3) is 0 Å². The van der Waals surface area contributed by atoms with Crippen LogP contribution in [0.1, 0.15) is 45.4 Å². The molecule has 0 fully saturated rings. The quantitative estimate of drug-likeness (QED) is 0.803. The predicted molar refractivity (Wildman–Crippen MR) is 75.8 cm³/mol. The summed E-state index contributed by atoms with van der Waals surface area (Å²) in [5.74, 6) is 0.143. The van der Waals surface area contributed by atoms with E-state index in [1.54, 1.807) is 0 Å². The van der Waals surface area contributed by atoms with E-state index in [0.29, 0.717) is 6.42 Å². The van der Waals surface area contributed by atoms with E-state index in [0.717, 1.165) is 29.0 Å². The summed E-state index contributed by atoms with van der Waals surface area (Å²) in [5.41, 5.74) is 4.81. The highest BCUT2D eigenvalue weighted by Crippen LogP contribution is 2.24. The number of hydrogen-bond acceptors (Lipinski definition) is 4. The molecule has 0 unspecified atom stereocenters. The second kappa shape index (κ2) is 5.21. The second-order valence-corrected chi connectivity index (χ2v) is 5.71. The van der Waals surface area contributed by atoms with E-state index >= 15 is 0 Å². The molecule has 3 rings (SSSR count). The minimum absolute atomic E-state index is 0.143. The number of Topliss-reactive ketones (excluding diaryl/α,β-unsaturated/α-hetero) is 1. The zero-order valence-electron chi connectivity index (χ0n) is 11.0. The largest absolute Gasteiger partial charge is 0.293 e. The van der Waals surface area contributed by atoms with Crippen LogP contribution in [0.3, 0.4) is 0 Å². The van der Waals surface area contributed by atoms with Crippen LogP contribution in [0.5, 0.6) is 0 Å². The fourth-order valence-electron chi connectivity index (χ4n) is 2.65. The highest BCUT2D eigenvalue weighted by Gasteiger charge is 2.17. The molecule has 0 saturated carbocycles. The van der Waals surface area contributed by atoms with Crippen molar-refractivity contribution in [1.29, 1.82) is 0 Å². The molecule has 19 heavy (non-hydrogen) atoms. The molecular formula is C15H16N2OS. The van der Waals surface area contributed by atoms with Gasteiger partial charge in [0.25, 0.3) is 0 Å². The van der Waals surface area contributed by atoms with Crippen molar-refractivity contribution in [3.63, 3.8) is 0 Å². The number of ketones is 1. The average Bonchev–Trinajstić information content (AvgIpc) is 3.06. The van der Waals surface area contributed by atoms with Crippen LogP contribution in [0, 0.1) is 0 Å². The average molecular weight is 272 g/mol. The normalized spacial score (nSPS) is 13.5. The van der Waals surface area contributed by atoms with Gasteiger partial charge in [-0.2, -0.15) is 0 Å². The van der Waals surface area contributed by atoms with Gasteiger partial charge in [-0.3, -0.25) is 4.79 Å². The number of aryl methyl sites for hydroxylation is 3. The van der Waals surface area contributed by atoms with Crippen molar-refractivity contribution in [3.05, 3.63) is 45.5 Å². The Kier molecular flexibility index (Phi) is 3.42. The fourth-order valence-corrected chi connectivity index (χ4v) is 3.34. The molecule has 4 heteroatoms. The van der Waals surface area contributed by atoms with Crippen LogP contribution in [0.15, 0.2) is 18.2 Å². The Morgan fingerprint density at radius 1 is 1.32 bits per heavy atom. The van der Waals surface area contributed by atoms with Crippen molar-refractivity contribution in [2.45, 2.75) is 39.0 Å². The van der Waals surface area contributed by atoms with E-state index in [4.69, 9.17) is 0 Å². The van der Waals surface area contributed by atoms with Gasteiger partial charge in [0.15, 0.2) is 5.78 Å². The lowest BCUT2D eigenvalue weighted by atomic mass is 10.0. The lowest BCUT2D eigenvalue weighted by Gasteiger charge is -2.04. The standard InChI is InChI=1S/C15H16N2OS/c1-2-13-15(19-17-16-13)14(18)9-10-6-7-11-4-3-5-12(11)8-10/h6-8H,2-5,9H2,1H3. The monoisotopic (exact) mass is 272 g/mol. The summed E-state index contributed by atoms with van der Waals surface area (Å²) in [6.07, 6.45) is 4.80. The molecule has 1 aliphatic carbocycles. The van der Waals surface area contributed by atoms with Crippen molar-refractivity contribution >= 4 is 17.3 Å². The van der Waals surface area contributed by atoms with E-state index in [-0.39, 0.29) is 5.78 Å². The number of hydrogen-bond donors (Lipinski definition) is 0. The van der Waals surface area contributed by atoms with E-state index < -0.39 is 0 Å². The number of benzene rings is 1. The summed E-state index contributed by atoms with van der Waals surface area (Å²) in [7, 11) is 0. The first-order valence-electron chi connectivity index (χ1n) is 6.73. The molecule has 3 nitrogen and oxygen atoms in total. The topological polar surface area (TPSA) is 42.9 Å². The minimum Gasteiger partial charge on any atom is -0.293 e. The van der Waals surface area contributed by atoms with Crippen LogP contribution in [-0.4, -0.2) is 15.4 Å². The molecule has 0 atom stereocenters. The first-order chi connectivity index (χ1) is 9.28. The minimum atomic E-state index is 0.143. The smallest absolute Gasteiger partial charge is 0.180 e. The maximum atomic E-state index is 12.3. The van der Waals surface area contributed by atoms with Crippen molar-refractivity contribution in [2.75, 3.05) is 0 Å². The van der Waals surface area contributed by atoms with Crippen molar-refractivity contribution < 1.29 is 4.79 Å². The molecule has 0 radical (unpaired) electrons. The number of fused-ring (bicyclic) bond motifs is 1. The molecule has 1 aromatic heterocycles. The van der Waals surface area contributed by atoms with Gasteiger partial charge in [-0.15, -0.1) is 5.10 Å². The lowest BCUT2D eigenvalue weighted by molar-refractivity contribution is 0.0996. The van der Waals surface area contributed by atoms with Crippen LogP contribution >= 0.6 is 11.5 Å². The lowest BCUT2D eigenvalue weighted by Crippen LogP contribution is -2.05. The summed E-state index contributed by atoms with van der Waals surface area (Å²) >= 11 is 1.22. The van der Waals surface area contributed by atoms with Gasteiger partial charge in [0.05, 0.1) is 5.69 Å². The van der Waals surface area contributed by atoms with Gasteiger partial charge >= 0.3 is 0 Å². The molecule has 0 aliphatic heterocycles. The number of nitrogens with zero attached hydrogens (tertiary/aromatic N) is 2. The second-order valence-electron chi connectivity index (χ2n) is 4.96. The maximum absolute atomic E-state index is 12.3. The van der Waals surface area contributed by atoms with E-state index in [9.17, 15) is 4.79 Å². The number of aromatic nitrogens is 2. The van der Waals surface area contributed by atoms with E-state index in [1.807, 2.05) is 6.92 Å². The molecule has 1 aliphatic rings. The van der Waals surface area contributed by atoms with Crippen molar-refractivity contribution in [1.82, 2.24) is 9.59 Å². The maximum Gasteiger partial charge on any atom is 0.180 e. The summed E-state index contributed by atoms with van der Waals surface area (Å²) < 4.78 is 3.88. The van der Waals surface area contributed by atoms with E-state index in [2.05, 4.69) is 27.8 Å². The fraction of sp³-hybridized carbons (Fsp3) is 0.400. The van der Waals surface area contributed by atoms with Gasteiger partial charge in [-0.1, -0.05) is 29.6 Å². The Labute approximate surface area is 116 Å². The molecule has 0 spiro atoms. The number of carbonyl (C=O) groups is 1. The Bertz CT molecular complexity index is 618. The van der Waals surface area contributed by atoms with Crippen molar-refractivity contribution in [2.24, 2.45) is 0 Å². The zero-order valence-corrected chi connectivity index (χ0v) is 11.8. The third-order valence-corrected chi connectivity index (χ3v) is 4.48. The van der Waals surface area contributed by atoms with Gasteiger partial charge < -0.3 is 0 Å². The Hall–Kier alpha value is -1.55. The van der Waals surface area contributed by atoms with Crippen LogP contribution in [0.2, 0.25) is 0 Å². The molecule has 2 aromatic rings. The van der Waals surface area contributed by atoms with Gasteiger partial charge in [0.1, 0.15) is 4.88 Å². The summed E-state index contributed by atoms with van der Waals surface area (Å²) in [6, 6.07) is 6.46. The molecule has 1 heterocycles. The molecular weight excluding hydrogens is 256 g/mol. The SMILES string of the molecule is CCc1nnsc1C(=O)Cc1ccc2c(c1)CCC2. The van der Waals surface area contributed by atoms with Gasteiger partial charge in [0.2, 0.25) is 0 Å². The molecule has 98 valence electrons. The zero-order chi connectivity index (χ0) is 13.2. The van der Waals surface area contributed by atoms with Crippen LogP contribution in [-0.2, 0) is 25.7 Å². The van der Waals surface area contributed by atoms with Gasteiger partial charge in [0, 0.05) is 6.42 Å². The summed E-state index contributed by atoms with van der Waals surface area (Å²) in [6.45, 7) is 2.00. The Morgan fingerprint density at radius 3 is 3.00 bits per heavy atom. The highest BCUT2D eigenvalue weighted by atomic mass is 32.1. The van der Waals surface area contributed by atoms with Crippen molar-refractivity contribution in [3.8, 4) is 0 Å². The van der Waals surface area contributed by atoms with Gasteiger partial charge in [-0.05, 0) is 53.9 Å². The molecule has 1 aromatic carbocycles. The summed E-state index contributed by atoms with van der Waals surface area (Å²) in [5, 5.41) is 4.00. The highest BCUT2D eigenvalue weighted by molar-refractivity contribution is 7.08. The molecule has 0 N–H and O–H groups in total. The number of rotatable bonds is 4. The molecule has 0 amide bonds. The Morgan fingerprint density at radius 2 is 2.16 bits per heavy atom. The third kappa shape index (κ3) is 2.45.